The summed E-state index contributed by atoms with van der Waals surface area (Å²) in [5.41, 5.74) is 3.17. The summed E-state index contributed by atoms with van der Waals surface area (Å²) in [5, 5.41) is 14.5. The zero-order chi connectivity index (χ0) is 22.1. The van der Waals surface area contributed by atoms with Gasteiger partial charge in [-0.25, -0.2) is 4.98 Å². The minimum Gasteiger partial charge on any atom is -0.456 e. The molecule has 1 aliphatic heterocycles. The van der Waals surface area contributed by atoms with E-state index >= 15 is 0 Å². The second-order valence-corrected chi connectivity index (χ2v) is 7.97. The fourth-order valence-corrected chi connectivity index (χ4v) is 3.98. The topological polar surface area (TPSA) is 83.2 Å². The molecule has 4 aromatic rings. The lowest BCUT2D eigenvalue weighted by atomic mass is 10.1. The highest BCUT2D eigenvalue weighted by Gasteiger charge is 2.14. The van der Waals surface area contributed by atoms with Crippen LogP contribution in [0.3, 0.4) is 0 Å². The fourth-order valence-electron chi connectivity index (χ4n) is 3.98. The Morgan fingerprint density at radius 1 is 1.09 bits per heavy atom. The maximum Gasteiger partial charge on any atom is 0.238 e. The minimum absolute atomic E-state index is 0.0959. The van der Waals surface area contributed by atoms with Crippen LogP contribution in [0.1, 0.15) is 16.8 Å². The molecule has 32 heavy (non-hydrogen) atoms. The predicted molar refractivity (Wildman–Crippen MR) is 121 cm³/mol. The van der Waals surface area contributed by atoms with Crippen LogP contribution in [0, 0.1) is 11.3 Å². The van der Waals surface area contributed by atoms with Crippen molar-refractivity contribution >= 4 is 22.4 Å². The predicted octanol–water partition coefficient (Wildman–Crippen LogP) is 4.13. The number of amides is 1. The van der Waals surface area contributed by atoms with Gasteiger partial charge in [-0.15, -0.1) is 0 Å². The van der Waals surface area contributed by atoms with Gasteiger partial charge in [-0.1, -0.05) is 24.3 Å². The van der Waals surface area contributed by atoms with Gasteiger partial charge >= 0.3 is 0 Å². The smallest absolute Gasteiger partial charge is 0.238 e. The minimum atomic E-state index is -0.0959. The van der Waals surface area contributed by atoms with Crippen molar-refractivity contribution in [3.05, 3.63) is 83.9 Å². The van der Waals surface area contributed by atoms with Crippen LogP contribution >= 0.6 is 0 Å². The summed E-state index contributed by atoms with van der Waals surface area (Å²) in [6, 6.07) is 19.3. The molecular formula is C25H21N5O2. The van der Waals surface area contributed by atoms with Gasteiger partial charge in [0.2, 0.25) is 5.91 Å². The lowest BCUT2D eigenvalue weighted by Crippen LogP contribution is -2.30. The first-order valence-electron chi connectivity index (χ1n) is 10.3. The molecular weight excluding hydrogens is 402 g/mol. The monoisotopic (exact) mass is 423 g/mol. The average molecular weight is 423 g/mol. The van der Waals surface area contributed by atoms with Gasteiger partial charge in [-0.05, 0) is 48.3 Å². The summed E-state index contributed by atoms with van der Waals surface area (Å²) in [4.78, 5) is 19.0. The summed E-state index contributed by atoms with van der Waals surface area (Å²) >= 11 is 0. The number of carbonyl (C=O) groups excluding carboxylic acids is 1. The number of nitriles is 1. The molecule has 0 radical (unpaired) electrons. The number of hydrogen-bond acceptors (Lipinski definition) is 5. The van der Waals surface area contributed by atoms with Crippen molar-refractivity contribution in [3.8, 4) is 17.6 Å². The fraction of sp³-hybridized carbons (Fsp3) is 0.160. The number of benzene rings is 3. The van der Waals surface area contributed by atoms with Crippen LogP contribution in [0.2, 0.25) is 0 Å². The number of aromatic nitrogens is 2. The van der Waals surface area contributed by atoms with E-state index in [1.165, 1.54) is 0 Å². The number of anilines is 1. The molecule has 3 aromatic carbocycles. The van der Waals surface area contributed by atoms with Crippen molar-refractivity contribution in [1.29, 1.82) is 5.26 Å². The van der Waals surface area contributed by atoms with Gasteiger partial charge in [0, 0.05) is 30.4 Å². The van der Waals surface area contributed by atoms with Gasteiger partial charge in [0.1, 0.15) is 17.6 Å². The number of imidazole rings is 1. The number of nitrogens with one attached hydrogen (secondary N) is 1. The van der Waals surface area contributed by atoms with Gasteiger partial charge in [0.25, 0.3) is 0 Å². The molecule has 0 saturated carbocycles. The van der Waals surface area contributed by atoms with E-state index in [9.17, 15) is 10.1 Å². The number of nitrogens with zero attached hydrogens (tertiary/aromatic N) is 4. The van der Waals surface area contributed by atoms with Crippen molar-refractivity contribution in [2.45, 2.75) is 13.1 Å². The SMILES string of the molecule is CN1CC(=O)Nc2cccc3ccc(cc23)Oc2cc(ccc2C#N)Cn2cncc2C1. The van der Waals surface area contributed by atoms with Crippen molar-refractivity contribution < 1.29 is 9.53 Å². The van der Waals surface area contributed by atoms with Crippen molar-refractivity contribution in [2.24, 2.45) is 0 Å². The van der Waals surface area contributed by atoms with E-state index in [-0.39, 0.29) is 12.5 Å². The van der Waals surface area contributed by atoms with Crippen LogP contribution in [0.25, 0.3) is 10.8 Å². The Morgan fingerprint density at radius 3 is 2.88 bits per heavy atom. The lowest BCUT2D eigenvalue weighted by Gasteiger charge is -2.19. The number of hydrogen-bond donors (Lipinski definition) is 1. The summed E-state index contributed by atoms with van der Waals surface area (Å²) in [5.74, 6) is 0.999. The average Bonchev–Trinajstić information content (AvgIpc) is 3.20. The first-order chi connectivity index (χ1) is 15.6. The first-order valence-corrected chi connectivity index (χ1v) is 10.3. The molecule has 2 heterocycles. The van der Waals surface area contributed by atoms with Crippen molar-refractivity contribution in [2.75, 3.05) is 18.9 Å². The molecule has 0 saturated heterocycles. The Kier molecular flexibility index (Phi) is 5.06. The van der Waals surface area contributed by atoms with E-state index in [4.69, 9.17) is 4.74 Å². The van der Waals surface area contributed by atoms with E-state index in [1.54, 1.807) is 12.4 Å². The second-order valence-electron chi connectivity index (χ2n) is 7.97. The quantitative estimate of drug-likeness (QED) is 0.460. The molecule has 1 N–H and O–H groups in total. The van der Waals surface area contributed by atoms with Gasteiger partial charge in [-0.3, -0.25) is 9.69 Å². The third-order valence-corrected chi connectivity index (χ3v) is 5.52. The zero-order valence-corrected chi connectivity index (χ0v) is 17.6. The molecule has 0 aliphatic carbocycles. The normalized spacial score (nSPS) is 14.4. The maximum atomic E-state index is 12.7. The van der Waals surface area contributed by atoms with Gasteiger partial charge in [0.15, 0.2) is 0 Å². The van der Waals surface area contributed by atoms with E-state index in [0.29, 0.717) is 30.2 Å². The van der Waals surface area contributed by atoms with Crippen LogP contribution < -0.4 is 10.1 Å². The zero-order valence-electron chi connectivity index (χ0n) is 17.6. The molecule has 1 aromatic heterocycles. The number of rotatable bonds is 0. The molecule has 0 spiro atoms. The van der Waals surface area contributed by atoms with Gasteiger partial charge < -0.3 is 14.6 Å². The van der Waals surface area contributed by atoms with E-state index in [1.807, 2.05) is 71.2 Å². The van der Waals surface area contributed by atoms with E-state index < -0.39 is 0 Å². The Hall–Kier alpha value is -4.15. The van der Waals surface area contributed by atoms with Crippen LogP contribution in [-0.4, -0.2) is 34.0 Å². The third-order valence-electron chi connectivity index (χ3n) is 5.52. The highest BCUT2D eigenvalue weighted by molar-refractivity contribution is 6.03. The largest absolute Gasteiger partial charge is 0.456 e. The molecule has 1 amide bonds. The first kappa shape index (κ1) is 19.8. The maximum absolute atomic E-state index is 12.7. The Bertz CT molecular complexity index is 1370. The molecule has 0 atom stereocenters. The summed E-state index contributed by atoms with van der Waals surface area (Å²) in [7, 11) is 1.91. The summed E-state index contributed by atoms with van der Waals surface area (Å²) in [6.07, 6.45) is 3.58. The van der Waals surface area contributed by atoms with Gasteiger partial charge in [-0.2, -0.15) is 5.26 Å². The highest BCUT2D eigenvalue weighted by Crippen LogP contribution is 2.32. The van der Waals surface area contributed by atoms with Gasteiger partial charge in [0.05, 0.1) is 24.1 Å². The summed E-state index contributed by atoms with van der Waals surface area (Å²) in [6.45, 7) is 1.41. The Morgan fingerprint density at radius 2 is 2.00 bits per heavy atom. The molecule has 0 unspecified atom stereocenters. The number of carbonyl (C=O) groups is 1. The van der Waals surface area contributed by atoms with Crippen LogP contribution in [0.5, 0.6) is 11.5 Å². The molecule has 7 heteroatoms. The molecule has 158 valence electrons. The van der Waals surface area contributed by atoms with Crippen molar-refractivity contribution in [1.82, 2.24) is 14.5 Å². The van der Waals surface area contributed by atoms with E-state index in [2.05, 4.69) is 16.4 Å². The Labute approximate surface area is 185 Å². The number of likely N-dealkylation sites (N-methyl/N-ethyl adjacent to an activating group) is 1. The van der Waals surface area contributed by atoms with Crippen LogP contribution in [0.15, 0.2) is 67.1 Å². The van der Waals surface area contributed by atoms with Crippen LogP contribution in [-0.2, 0) is 17.9 Å². The number of fused-ring (bicyclic) bond motifs is 4. The molecule has 7 nitrogen and oxygen atoms in total. The third kappa shape index (κ3) is 3.92. The highest BCUT2D eigenvalue weighted by atomic mass is 16.5. The molecule has 1 aliphatic rings. The van der Waals surface area contributed by atoms with Crippen molar-refractivity contribution in [3.63, 3.8) is 0 Å². The van der Waals surface area contributed by atoms with E-state index in [0.717, 1.165) is 27.7 Å². The lowest BCUT2D eigenvalue weighted by molar-refractivity contribution is -0.117. The Balaban J connectivity index is 1.63. The molecule has 5 rings (SSSR count). The molecule has 0 fully saturated rings. The molecule has 4 bridgehead atoms. The summed E-state index contributed by atoms with van der Waals surface area (Å²) < 4.78 is 8.18. The number of ether oxygens (including phenoxy) is 1. The second kappa shape index (κ2) is 8.17. The standard InChI is InChI=1S/C25H21N5O2/c1-29-14-20-12-27-16-30(20)13-17-5-6-19(11-26)24(9-17)32-21-8-7-18-3-2-4-23(22(18)10-21)28-25(31)15-29/h2-10,12,16H,13-15H2,1H3,(H,28,31). The van der Waals surface area contributed by atoms with Crippen LogP contribution in [0.4, 0.5) is 5.69 Å².